The zero-order chi connectivity index (χ0) is 14.3. The van der Waals surface area contributed by atoms with Gasteiger partial charge in [-0.25, -0.2) is 0 Å². The third kappa shape index (κ3) is 2.87. The second kappa shape index (κ2) is 6.18. The SMILES string of the molecule is CCC(CC)(OC(=O)C(I)C1N[I-]1)C1CC2CCC1C2. The molecule has 0 aromatic heterocycles. The van der Waals surface area contributed by atoms with Crippen molar-refractivity contribution in [2.75, 3.05) is 0 Å². The minimum absolute atomic E-state index is 0.0245. The van der Waals surface area contributed by atoms with Crippen molar-refractivity contribution in [1.82, 2.24) is 3.53 Å². The summed E-state index contributed by atoms with van der Waals surface area (Å²) >= 11 is 2.34. The summed E-state index contributed by atoms with van der Waals surface area (Å²) in [7, 11) is 0. The average Bonchev–Trinajstić information content (AvgIpc) is 3.11. The van der Waals surface area contributed by atoms with Crippen molar-refractivity contribution in [1.29, 1.82) is 0 Å². The maximum atomic E-state index is 12.5. The van der Waals surface area contributed by atoms with Crippen LogP contribution in [0.15, 0.2) is 0 Å². The first-order chi connectivity index (χ1) is 9.59. The number of fused-ring (bicyclic) bond motifs is 2. The quantitative estimate of drug-likeness (QED) is 0.141. The molecular formula is C15H24I2NO2-. The molecule has 0 radical (unpaired) electrons. The van der Waals surface area contributed by atoms with E-state index >= 15 is 0 Å². The first-order valence-electron chi connectivity index (χ1n) is 7.84. The summed E-state index contributed by atoms with van der Waals surface area (Å²) in [5, 5.41) is 0. The maximum absolute atomic E-state index is 12.5. The fourth-order valence-corrected chi connectivity index (χ4v) is 7.49. The zero-order valence-electron chi connectivity index (χ0n) is 12.2. The molecule has 3 rings (SSSR count). The van der Waals surface area contributed by atoms with Crippen LogP contribution in [-0.4, -0.2) is 19.5 Å². The van der Waals surface area contributed by atoms with Gasteiger partial charge in [-0.1, -0.05) is 0 Å². The van der Waals surface area contributed by atoms with Crippen molar-refractivity contribution in [3.63, 3.8) is 0 Å². The number of ether oxygens (including phenoxy) is 1. The molecule has 3 aliphatic rings. The van der Waals surface area contributed by atoms with Crippen molar-refractivity contribution in [2.24, 2.45) is 17.8 Å². The van der Waals surface area contributed by atoms with Crippen LogP contribution in [0.4, 0.5) is 0 Å². The molecule has 5 heteroatoms. The molecule has 0 aromatic rings. The van der Waals surface area contributed by atoms with Gasteiger partial charge in [0.1, 0.15) is 0 Å². The van der Waals surface area contributed by atoms with Crippen LogP contribution in [0.5, 0.6) is 0 Å². The van der Waals surface area contributed by atoms with E-state index in [0.29, 0.717) is 9.97 Å². The fourth-order valence-electron chi connectivity index (χ4n) is 4.41. The molecule has 1 saturated heterocycles. The van der Waals surface area contributed by atoms with Crippen LogP contribution in [0, 0.1) is 17.8 Å². The zero-order valence-corrected chi connectivity index (χ0v) is 16.5. The second-order valence-corrected chi connectivity index (χ2v) is 10.4. The van der Waals surface area contributed by atoms with E-state index in [1.807, 2.05) is 0 Å². The molecule has 1 aliphatic heterocycles. The molecule has 2 aliphatic carbocycles. The van der Waals surface area contributed by atoms with Crippen molar-refractivity contribution in [3.8, 4) is 0 Å². The summed E-state index contributed by atoms with van der Waals surface area (Å²) in [6.45, 7) is 4.40. The molecule has 3 nitrogen and oxygen atoms in total. The van der Waals surface area contributed by atoms with Gasteiger partial charge in [0.15, 0.2) is 0 Å². The van der Waals surface area contributed by atoms with Crippen LogP contribution < -0.4 is 25.0 Å². The Morgan fingerprint density at radius 2 is 2.10 bits per heavy atom. The predicted octanol–water partition coefficient (Wildman–Crippen LogP) is 0.262. The molecule has 1 heterocycles. The molecule has 1 N–H and O–H groups in total. The molecule has 0 aromatic carbocycles. The molecule has 3 fully saturated rings. The summed E-state index contributed by atoms with van der Waals surface area (Å²) in [5.41, 5.74) is -0.187. The van der Waals surface area contributed by atoms with Crippen LogP contribution in [0.2, 0.25) is 0 Å². The van der Waals surface area contributed by atoms with E-state index < -0.39 is 0 Å². The van der Waals surface area contributed by atoms with E-state index in [-0.39, 0.29) is 37.0 Å². The van der Waals surface area contributed by atoms with E-state index in [9.17, 15) is 4.79 Å². The number of carbonyl (C=O) groups is 1. The summed E-state index contributed by atoms with van der Waals surface area (Å²) < 4.78 is 9.98. The van der Waals surface area contributed by atoms with Crippen molar-refractivity contribution in [3.05, 3.63) is 0 Å². The number of halogens is 2. The molecule has 0 amide bonds. The van der Waals surface area contributed by atoms with Crippen LogP contribution in [-0.2, 0) is 9.53 Å². The molecule has 5 atom stereocenters. The molecule has 0 spiro atoms. The monoisotopic (exact) mass is 504 g/mol. The number of esters is 1. The van der Waals surface area contributed by atoms with Crippen molar-refractivity contribution >= 4 is 28.6 Å². The van der Waals surface area contributed by atoms with E-state index in [4.69, 9.17) is 4.74 Å². The number of alkyl halides is 2. The van der Waals surface area contributed by atoms with Gasteiger partial charge in [-0.05, 0) is 0 Å². The molecule has 2 bridgehead atoms. The average molecular weight is 504 g/mol. The van der Waals surface area contributed by atoms with Gasteiger partial charge in [-0.15, -0.1) is 0 Å². The summed E-state index contributed by atoms with van der Waals surface area (Å²) in [6.07, 6.45) is 7.38. The minimum atomic E-state index is -0.187. The Hall–Kier alpha value is 0.890. The normalized spacial score (nSPS) is 37.4. The first-order valence-corrected chi connectivity index (χ1v) is 11.4. The van der Waals surface area contributed by atoms with Crippen LogP contribution >= 0.6 is 22.6 Å². The summed E-state index contributed by atoms with van der Waals surface area (Å²) in [5.74, 6) is 2.37. The third-order valence-electron chi connectivity index (χ3n) is 5.63. The van der Waals surface area contributed by atoms with E-state index in [1.54, 1.807) is 0 Å². The van der Waals surface area contributed by atoms with Gasteiger partial charge in [0.05, 0.1) is 0 Å². The summed E-state index contributed by atoms with van der Waals surface area (Å²) in [4.78, 5) is 12.5. The van der Waals surface area contributed by atoms with Gasteiger partial charge in [0.2, 0.25) is 0 Å². The first kappa shape index (κ1) is 15.8. The Balaban J connectivity index is 1.71. The third-order valence-corrected chi connectivity index (χ3v) is 10.3. The Kier molecular flexibility index (Phi) is 4.87. The Bertz CT molecular complexity index is 382. The van der Waals surface area contributed by atoms with Gasteiger partial charge in [-0.2, -0.15) is 0 Å². The molecule has 2 saturated carbocycles. The standard InChI is InChI=1S/C15H24I2NO2/c1-3-15(4-2,11-8-9-5-6-10(11)7-9)20-14(19)12(16)13-17-18-13/h9-13,18H,3-8H2,1-2H3/q-1. The Morgan fingerprint density at radius 3 is 2.55 bits per heavy atom. The Labute approximate surface area is 146 Å². The van der Waals surface area contributed by atoms with Crippen molar-refractivity contribution in [2.45, 2.75) is 65.9 Å². The van der Waals surface area contributed by atoms with E-state index in [0.717, 1.165) is 24.7 Å². The van der Waals surface area contributed by atoms with Crippen LogP contribution in [0.3, 0.4) is 0 Å². The van der Waals surface area contributed by atoms with Gasteiger partial charge < -0.3 is 0 Å². The molecular weight excluding hydrogens is 480 g/mol. The number of nitrogens with one attached hydrogen (secondary N) is 1. The van der Waals surface area contributed by atoms with Gasteiger partial charge in [0.25, 0.3) is 0 Å². The number of hydrogen-bond acceptors (Lipinski definition) is 3. The van der Waals surface area contributed by atoms with Gasteiger partial charge >= 0.3 is 147 Å². The number of carbonyl (C=O) groups excluding carboxylic acids is 1. The second-order valence-electron chi connectivity index (χ2n) is 6.50. The van der Waals surface area contributed by atoms with E-state index in [1.165, 1.54) is 25.7 Å². The molecule has 116 valence electrons. The summed E-state index contributed by atoms with van der Waals surface area (Å²) in [6, 6.07) is 0. The van der Waals surface area contributed by atoms with Crippen LogP contribution in [0.1, 0.15) is 52.4 Å². The number of hydrogen-bond donors (Lipinski definition) is 1. The molecule has 20 heavy (non-hydrogen) atoms. The van der Waals surface area contributed by atoms with E-state index in [2.05, 4.69) is 40.0 Å². The van der Waals surface area contributed by atoms with Crippen LogP contribution in [0.25, 0.3) is 0 Å². The van der Waals surface area contributed by atoms with Crippen molar-refractivity contribution < 1.29 is 31.0 Å². The fraction of sp³-hybridized carbons (Fsp3) is 0.933. The predicted molar refractivity (Wildman–Crippen MR) is 83.1 cm³/mol. The van der Waals surface area contributed by atoms with Gasteiger partial charge in [-0.3, -0.25) is 0 Å². The topological polar surface area (TPSA) is 48.2 Å². The number of rotatable bonds is 6. The molecule has 5 unspecified atom stereocenters. The van der Waals surface area contributed by atoms with Gasteiger partial charge in [0, 0.05) is 0 Å². The Morgan fingerprint density at radius 1 is 1.40 bits per heavy atom.